The van der Waals surface area contributed by atoms with Crippen molar-refractivity contribution < 1.29 is 9.27 Å². The van der Waals surface area contributed by atoms with Crippen LogP contribution in [0.1, 0.15) is 57.9 Å². The molecule has 0 atom stereocenters. The average molecular weight is 239 g/mol. The Morgan fingerprint density at radius 2 is 1.71 bits per heavy atom. The van der Waals surface area contributed by atoms with Crippen molar-refractivity contribution in [3.8, 4) is 0 Å². The molecule has 0 amide bonds. The molecule has 1 nitrogen and oxygen atoms in total. The predicted octanol–water partition coefficient (Wildman–Crippen LogP) is 0.901. The van der Waals surface area contributed by atoms with Gasteiger partial charge in [0.05, 0.1) is 0 Å². The van der Waals surface area contributed by atoms with Gasteiger partial charge in [-0.1, -0.05) is 39.5 Å². The Labute approximate surface area is 105 Å². The molecule has 98 valence electrons. The maximum Gasteiger partial charge on any atom is 0.171 e. The van der Waals surface area contributed by atoms with Crippen LogP contribution in [0.25, 0.3) is 0 Å². The molecular weight excluding hydrogens is 213 g/mol. The van der Waals surface area contributed by atoms with Crippen molar-refractivity contribution in [1.82, 2.24) is 0 Å². The van der Waals surface area contributed by atoms with Gasteiger partial charge < -0.3 is 4.70 Å². The van der Waals surface area contributed by atoms with Gasteiger partial charge in [0.1, 0.15) is 6.54 Å². The molecule has 0 N–H and O–H groups in total. The van der Waals surface area contributed by atoms with Crippen LogP contribution in [0, 0.1) is 0 Å². The van der Waals surface area contributed by atoms with Crippen molar-refractivity contribution in [2.75, 3.05) is 0 Å². The van der Waals surface area contributed by atoms with E-state index in [0.29, 0.717) is 0 Å². The average Bonchev–Trinajstić information content (AvgIpc) is 2.34. The molecule has 1 heterocycles. The molecule has 1 aromatic rings. The van der Waals surface area contributed by atoms with E-state index in [2.05, 4.69) is 42.9 Å². The van der Waals surface area contributed by atoms with E-state index >= 15 is 0 Å². The molecular formula is C15H26FN. The summed E-state index contributed by atoms with van der Waals surface area (Å²) in [4.78, 5) is 0. The summed E-state index contributed by atoms with van der Waals surface area (Å²) in [6, 6.07) is 4.37. The van der Waals surface area contributed by atoms with Crippen LogP contribution in [-0.2, 0) is 13.0 Å². The summed E-state index contributed by atoms with van der Waals surface area (Å²) in [5, 5.41) is 0. The number of hydrogen-bond donors (Lipinski definition) is 0. The Morgan fingerprint density at radius 1 is 1.00 bits per heavy atom. The Kier molecular flexibility index (Phi) is 9.69. The van der Waals surface area contributed by atoms with Crippen LogP contribution in [0.4, 0.5) is 0 Å². The Hall–Kier alpha value is -0.920. The molecule has 0 aliphatic carbocycles. The fourth-order valence-corrected chi connectivity index (χ4v) is 2.00. The molecule has 0 saturated heterocycles. The first-order valence-corrected chi connectivity index (χ1v) is 6.84. The summed E-state index contributed by atoms with van der Waals surface area (Å²) in [6.45, 7) is 5.66. The Morgan fingerprint density at radius 3 is 2.41 bits per heavy atom. The number of hydrogen-bond acceptors (Lipinski definition) is 0. The van der Waals surface area contributed by atoms with Gasteiger partial charge in [0.25, 0.3) is 0 Å². The molecule has 0 bridgehead atoms. The lowest BCUT2D eigenvalue weighted by Crippen LogP contribution is -3.00. The van der Waals surface area contributed by atoms with Gasteiger partial charge in [-0.25, -0.2) is 4.57 Å². The molecule has 0 unspecified atom stereocenters. The molecule has 0 aliphatic rings. The lowest BCUT2D eigenvalue weighted by atomic mass is 10.1. The third-order valence-electron chi connectivity index (χ3n) is 3.10. The zero-order chi connectivity index (χ0) is 11.6. The maximum absolute atomic E-state index is 2.33. The minimum atomic E-state index is 0. The van der Waals surface area contributed by atoms with Gasteiger partial charge in [0.15, 0.2) is 12.4 Å². The molecule has 0 radical (unpaired) electrons. The van der Waals surface area contributed by atoms with Crippen molar-refractivity contribution in [2.24, 2.45) is 0 Å². The van der Waals surface area contributed by atoms with Crippen LogP contribution in [-0.4, -0.2) is 0 Å². The molecule has 0 spiro atoms. The molecule has 1 rings (SSSR count). The van der Waals surface area contributed by atoms with Crippen LogP contribution in [0.2, 0.25) is 0 Å². The predicted molar refractivity (Wildman–Crippen MR) is 69.4 cm³/mol. The molecule has 17 heavy (non-hydrogen) atoms. The van der Waals surface area contributed by atoms with Crippen molar-refractivity contribution in [3.63, 3.8) is 0 Å². The maximum atomic E-state index is 2.33. The van der Waals surface area contributed by atoms with Crippen molar-refractivity contribution in [2.45, 2.75) is 65.3 Å². The van der Waals surface area contributed by atoms with Gasteiger partial charge in [0.2, 0.25) is 0 Å². The summed E-state index contributed by atoms with van der Waals surface area (Å²) in [6.07, 6.45) is 13.9. The van der Waals surface area contributed by atoms with Crippen LogP contribution >= 0.6 is 0 Å². The summed E-state index contributed by atoms with van der Waals surface area (Å²) in [5.41, 5.74) is 1.44. The summed E-state index contributed by atoms with van der Waals surface area (Å²) in [5.74, 6) is 0. The van der Waals surface area contributed by atoms with Gasteiger partial charge in [-0.3, -0.25) is 0 Å². The number of nitrogens with zero attached hydrogens (tertiary/aromatic N) is 1. The van der Waals surface area contributed by atoms with Crippen LogP contribution in [0.3, 0.4) is 0 Å². The monoisotopic (exact) mass is 239 g/mol. The minimum absolute atomic E-state index is 0. The second-order valence-corrected chi connectivity index (χ2v) is 4.57. The summed E-state index contributed by atoms with van der Waals surface area (Å²) < 4.78 is 2.33. The highest BCUT2D eigenvalue weighted by atomic mass is 19.0. The molecule has 0 saturated carbocycles. The highest BCUT2D eigenvalue weighted by molar-refractivity contribution is 5.04. The van der Waals surface area contributed by atoms with E-state index in [1.807, 2.05) is 0 Å². The molecule has 1 aromatic heterocycles. The second kappa shape index (κ2) is 10.2. The smallest absolute Gasteiger partial charge is 0.171 e. The first-order chi connectivity index (χ1) is 7.86. The highest BCUT2D eigenvalue weighted by Gasteiger charge is 2.00. The fourth-order valence-electron chi connectivity index (χ4n) is 2.00. The Bertz CT molecular complexity index is 286. The zero-order valence-corrected chi connectivity index (χ0v) is 11.3. The molecule has 2 heteroatoms. The molecule has 0 aromatic carbocycles. The fraction of sp³-hybridized carbons (Fsp3) is 0.667. The molecule has 0 aliphatic heterocycles. The minimum Gasteiger partial charge on any atom is -1.00 e. The summed E-state index contributed by atoms with van der Waals surface area (Å²) in [7, 11) is 0. The van der Waals surface area contributed by atoms with Crippen molar-refractivity contribution in [3.05, 3.63) is 30.1 Å². The second-order valence-electron chi connectivity index (χ2n) is 4.57. The normalized spacial score (nSPS) is 10.0. The number of pyridine rings is 1. The van der Waals surface area contributed by atoms with Gasteiger partial charge in [-0.05, 0) is 18.9 Å². The third kappa shape index (κ3) is 7.09. The van der Waals surface area contributed by atoms with Gasteiger partial charge in [-0.2, -0.15) is 0 Å². The van der Waals surface area contributed by atoms with E-state index in [-0.39, 0.29) is 4.70 Å². The van der Waals surface area contributed by atoms with Crippen molar-refractivity contribution >= 4 is 0 Å². The summed E-state index contributed by atoms with van der Waals surface area (Å²) >= 11 is 0. The van der Waals surface area contributed by atoms with E-state index in [4.69, 9.17) is 0 Å². The highest BCUT2D eigenvalue weighted by Crippen LogP contribution is 2.04. The van der Waals surface area contributed by atoms with Crippen LogP contribution in [0.5, 0.6) is 0 Å². The lowest BCUT2D eigenvalue weighted by molar-refractivity contribution is -0.697. The topological polar surface area (TPSA) is 3.88 Å². The van der Waals surface area contributed by atoms with E-state index in [1.54, 1.807) is 0 Å². The largest absolute Gasteiger partial charge is 1.00 e. The van der Waals surface area contributed by atoms with Gasteiger partial charge >= 0.3 is 0 Å². The van der Waals surface area contributed by atoms with E-state index in [0.717, 1.165) is 6.42 Å². The van der Waals surface area contributed by atoms with E-state index in [9.17, 15) is 0 Å². The number of unbranched alkanes of at least 4 members (excludes halogenated alkanes) is 5. The Balaban J connectivity index is 0.00000256. The van der Waals surface area contributed by atoms with E-state index in [1.165, 1.54) is 50.6 Å². The standard InChI is InChI=1S/C15H26N.FH/c1-3-5-6-7-8-9-12-16-13-10-11-15(4-2)14-16;/h10-11,13-14H,3-9,12H2,1-2H3;1H/q+1;/p-1. The van der Waals surface area contributed by atoms with Gasteiger partial charge in [0, 0.05) is 18.1 Å². The first kappa shape index (κ1) is 16.1. The number of aryl methyl sites for hydroxylation is 2. The van der Waals surface area contributed by atoms with Crippen molar-refractivity contribution in [1.29, 1.82) is 0 Å². The lowest BCUT2D eigenvalue weighted by Gasteiger charge is -2.00. The van der Waals surface area contributed by atoms with Crippen LogP contribution < -0.4 is 9.27 Å². The zero-order valence-electron chi connectivity index (χ0n) is 11.3. The quantitative estimate of drug-likeness (QED) is 0.469. The number of aromatic nitrogens is 1. The SMILES string of the molecule is CCCCCCCC[n+]1cccc(CC)c1.[F-]. The first-order valence-electron chi connectivity index (χ1n) is 6.84. The number of halogens is 1. The van der Waals surface area contributed by atoms with Crippen LogP contribution in [0.15, 0.2) is 24.5 Å². The third-order valence-corrected chi connectivity index (χ3v) is 3.10. The van der Waals surface area contributed by atoms with E-state index < -0.39 is 0 Å². The number of rotatable bonds is 8. The van der Waals surface area contributed by atoms with Gasteiger partial charge in [-0.15, -0.1) is 0 Å². The molecule has 0 fully saturated rings.